The standard InChI is InChI=1S/C25H27ClFN7OS/c1-25(6-3-7-30-25)13-35-24-32-21-15(22(33-24)34-10-8-29-9-11-34)12-16(26)18(19(21)27)14-4-2-5-17-20(14)31-23(28)36-17/h2,4-5,12,29-30H,3,6-11,13H2,1H3,(H2,28,31)/t25-/m1/s1. The van der Waals surface area contributed by atoms with Crippen molar-refractivity contribution in [2.24, 2.45) is 0 Å². The largest absolute Gasteiger partial charge is 0.461 e. The van der Waals surface area contributed by atoms with Gasteiger partial charge in [-0.1, -0.05) is 35.1 Å². The Kier molecular flexibility index (Phi) is 6.07. The number of hydrogen-bond acceptors (Lipinski definition) is 9. The van der Waals surface area contributed by atoms with Crippen molar-refractivity contribution in [1.29, 1.82) is 0 Å². The monoisotopic (exact) mass is 527 g/mol. The predicted octanol–water partition coefficient (Wildman–Crippen LogP) is 4.21. The van der Waals surface area contributed by atoms with Crippen molar-refractivity contribution in [1.82, 2.24) is 25.6 Å². The summed E-state index contributed by atoms with van der Waals surface area (Å²) in [5.41, 5.74) is 7.42. The first-order valence-corrected chi connectivity index (χ1v) is 13.3. The number of thiazole rings is 1. The Labute approximate surface area is 217 Å². The van der Waals surface area contributed by atoms with E-state index in [1.54, 1.807) is 12.1 Å². The molecule has 2 aromatic heterocycles. The molecule has 2 aliphatic heterocycles. The molecule has 6 rings (SSSR count). The third kappa shape index (κ3) is 4.21. The number of para-hydroxylation sites is 1. The Morgan fingerprint density at radius 3 is 2.81 bits per heavy atom. The average Bonchev–Trinajstić information content (AvgIpc) is 3.48. The molecule has 8 nitrogen and oxygen atoms in total. The third-order valence-corrected chi connectivity index (χ3v) is 8.09. The van der Waals surface area contributed by atoms with E-state index in [-0.39, 0.29) is 27.7 Å². The van der Waals surface area contributed by atoms with Crippen LogP contribution >= 0.6 is 22.9 Å². The first-order valence-electron chi connectivity index (χ1n) is 12.1. The maximum Gasteiger partial charge on any atom is 0.319 e. The first-order chi connectivity index (χ1) is 17.4. The lowest BCUT2D eigenvalue weighted by Gasteiger charge is -2.30. The van der Waals surface area contributed by atoms with Crippen molar-refractivity contribution in [3.05, 3.63) is 35.1 Å². The summed E-state index contributed by atoms with van der Waals surface area (Å²) in [6.07, 6.45) is 2.09. The van der Waals surface area contributed by atoms with Crippen molar-refractivity contribution in [3.63, 3.8) is 0 Å². The van der Waals surface area contributed by atoms with Crippen LogP contribution in [-0.2, 0) is 0 Å². The molecule has 0 amide bonds. The van der Waals surface area contributed by atoms with Crippen LogP contribution in [0.25, 0.3) is 32.2 Å². The molecular weight excluding hydrogens is 501 g/mol. The number of halogens is 2. The minimum Gasteiger partial charge on any atom is -0.461 e. The number of ether oxygens (including phenoxy) is 1. The van der Waals surface area contributed by atoms with Crippen molar-refractivity contribution < 1.29 is 9.13 Å². The zero-order valence-corrected chi connectivity index (χ0v) is 21.5. The lowest BCUT2D eigenvalue weighted by atomic mass is 10.0. The second-order valence-electron chi connectivity index (χ2n) is 9.59. The van der Waals surface area contributed by atoms with Crippen LogP contribution in [0, 0.1) is 5.82 Å². The number of rotatable bonds is 5. The van der Waals surface area contributed by atoms with Crippen molar-refractivity contribution in [3.8, 4) is 17.1 Å². The fourth-order valence-electron chi connectivity index (χ4n) is 5.06. The van der Waals surface area contributed by atoms with Crippen LogP contribution in [0.1, 0.15) is 19.8 Å². The molecule has 36 heavy (non-hydrogen) atoms. The Morgan fingerprint density at radius 2 is 2.03 bits per heavy atom. The highest BCUT2D eigenvalue weighted by Gasteiger charge is 2.30. The molecule has 188 valence electrons. The zero-order valence-electron chi connectivity index (χ0n) is 19.9. The molecule has 2 aromatic carbocycles. The molecule has 2 aliphatic rings. The maximum atomic E-state index is 16.4. The van der Waals surface area contributed by atoms with Crippen molar-refractivity contribution >= 4 is 55.0 Å². The predicted molar refractivity (Wildman–Crippen MR) is 144 cm³/mol. The summed E-state index contributed by atoms with van der Waals surface area (Å²) in [6.45, 7) is 6.58. The molecule has 4 heterocycles. The van der Waals surface area contributed by atoms with E-state index in [2.05, 4.69) is 32.4 Å². The summed E-state index contributed by atoms with van der Waals surface area (Å²) < 4.78 is 23.3. The van der Waals surface area contributed by atoms with Crippen LogP contribution in [0.3, 0.4) is 0 Å². The quantitative estimate of drug-likeness (QED) is 0.355. The molecule has 2 fully saturated rings. The minimum absolute atomic E-state index is 0.155. The molecular formula is C25H27ClFN7OS. The van der Waals surface area contributed by atoms with Gasteiger partial charge in [0.25, 0.3) is 0 Å². The van der Waals surface area contributed by atoms with Gasteiger partial charge in [-0.25, -0.2) is 9.37 Å². The highest BCUT2D eigenvalue weighted by atomic mass is 35.5. The van der Waals surface area contributed by atoms with Gasteiger partial charge < -0.3 is 26.0 Å². The summed E-state index contributed by atoms with van der Waals surface area (Å²) in [5, 5.41) is 8.08. The molecule has 0 radical (unpaired) electrons. The normalized spacial score (nSPS) is 20.5. The smallest absolute Gasteiger partial charge is 0.319 e. The summed E-state index contributed by atoms with van der Waals surface area (Å²) >= 11 is 8.10. The fourth-order valence-corrected chi connectivity index (χ4v) is 6.12. The topological polar surface area (TPSA) is 101 Å². The SMILES string of the molecule is C[C@]1(COc2nc(N3CCNCC3)c3cc(Cl)c(-c4cccc5sc(N)nc45)c(F)c3n2)CCCN1. The van der Waals surface area contributed by atoms with Gasteiger partial charge in [0.1, 0.15) is 17.9 Å². The molecule has 0 bridgehead atoms. The zero-order chi connectivity index (χ0) is 24.9. The van der Waals surface area contributed by atoms with Crippen molar-refractivity contribution in [2.75, 3.05) is 50.0 Å². The van der Waals surface area contributed by atoms with Crippen LogP contribution < -0.4 is 26.0 Å². The summed E-state index contributed by atoms with van der Waals surface area (Å²) in [5.74, 6) is 0.106. The summed E-state index contributed by atoms with van der Waals surface area (Å²) in [7, 11) is 0. The van der Waals surface area contributed by atoms with Gasteiger partial charge in [0, 0.05) is 48.2 Å². The molecule has 0 aliphatic carbocycles. The van der Waals surface area contributed by atoms with E-state index in [0.717, 1.165) is 50.3 Å². The van der Waals surface area contributed by atoms with Crippen LogP contribution in [0.2, 0.25) is 5.02 Å². The second-order valence-corrected chi connectivity index (χ2v) is 11.1. The van der Waals surface area contributed by atoms with Crippen LogP contribution in [0.5, 0.6) is 6.01 Å². The molecule has 0 spiro atoms. The number of aromatic nitrogens is 3. The minimum atomic E-state index is -0.523. The van der Waals surface area contributed by atoms with Crippen LogP contribution in [0.15, 0.2) is 24.3 Å². The van der Waals surface area contributed by atoms with Gasteiger partial charge >= 0.3 is 6.01 Å². The van der Waals surface area contributed by atoms with Crippen molar-refractivity contribution in [2.45, 2.75) is 25.3 Å². The van der Waals surface area contributed by atoms with Gasteiger partial charge in [-0.2, -0.15) is 9.97 Å². The number of anilines is 2. The number of piperazine rings is 1. The van der Waals surface area contributed by atoms with E-state index in [0.29, 0.717) is 34.0 Å². The highest BCUT2D eigenvalue weighted by Crippen LogP contribution is 2.42. The van der Waals surface area contributed by atoms with Crippen LogP contribution in [-0.4, -0.2) is 59.8 Å². The lowest BCUT2D eigenvalue weighted by Crippen LogP contribution is -2.44. The Bertz CT molecular complexity index is 1450. The van der Waals surface area contributed by atoms with Crippen LogP contribution in [0.4, 0.5) is 15.3 Å². The molecule has 1 atom stereocenters. The highest BCUT2D eigenvalue weighted by molar-refractivity contribution is 7.22. The number of nitrogen functional groups attached to an aromatic ring is 1. The Morgan fingerprint density at radius 1 is 1.19 bits per heavy atom. The Balaban J connectivity index is 1.51. The third-order valence-electron chi connectivity index (χ3n) is 6.94. The number of nitrogens with one attached hydrogen (secondary N) is 2. The number of nitrogens with two attached hydrogens (primary N) is 1. The van der Waals surface area contributed by atoms with Gasteiger partial charge in [-0.3, -0.25) is 0 Å². The lowest BCUT2D eigenvalue weighted by molar-refractivity contribution is 0.199. The number of benzene rings is 2. The number of nitrogens with zero attached hydrogens (tertiary/aromatic N) is 4. The van der Waals surface area contributed by atoms with Gasteiger partial charge in [-0.05, 0) is 38.4 Å². The van der Waals surface area contributed by atoms with Gasteiger partial charge in [0.05, 0.1) is 15.2 Å². The average molecular weight is 528 g/mol. The molecule has 0 unspecified atom stereocenters. The molecule has 2 saturated heterocycles. The number of hydrogen-bond donors (Lipinski definition) is 3. The van der Waals surface area contributed by atoms with Gasteiger partial charge in [-0.15, -0.1) is 0 Å². The molecule has 11 heteroatoms. The molecule has 4 aromatic rings. The number of fused-ring (bicyclic) bond motifs is 2. The second kappa shape index (κ2) is 9.26. The summed E-state index contributed by atoms with van der Waals surface area (Å²) in [6, 6.07) is 7.48. The Hall–Kier alpha value is -2.79. The van der Waals surface area contributed by atoms with E-state index in [4.69, 9.17) is 27.1 Å². The first kappa shape index (κ1) is 23.6. The fraction of sp³-hybridized carbons (Fsp3) is 0.400. The van der Waals surface area contributed by atoms with Gasteiger partial charge in [0.2, 0.25) is 0 Å². The van der Waals surface area contributed by atoms with E-state index in [9.17, 15) is 0 Å². The van der Waals surface area contributed by atoms with E-state index in [1.165, 1.54) is 11.3 Å². The summed E-state index contributed by atoms with van der Waals surface area (Å²) in [4.78, 5) is 15.9. The van der Waals surface area contributed by atoms with E-state index >= 15 is 4.39 Å². The maximum absolute atomic E-state index is 16.4. The van der Waals surface area contributed by atoms with E-state index < -0.39 is 5.82 Å². The molecule has 4 N–H and O–H groups in total. The van der Waals surface area contributed by atoms with Gasteiger partial charge in [0.15, 0.2) is 10.9 Å². The molecule has 0 saturated carbocycles. The van der Waals surface area contributed by atoms with E-state index in [1.807, 2.05) is 12.1 Å².